The maximum absolute atomic E-state index is 12.8. The van der Waals surface area contributed by atoms with Crippen LogP contribution in [0.1, 0.15) is 55.3 Å². The first-order valence-electron chi connectivity index (χ1n) is 8.41. The summed E-state index contributed by atoms with van der Waals surface area (Å²) in [5.41, 5.74) is 0. The molecular formula is C17H25NO4S. The lowest BCUT2D eigenvalue weighted by molar-refractivity contribution is 0.0295. The molecule has 0 spiro atoms. The molecule has 1 saturated carbocycles. The Bertz CT molecular complexity index is 679. The van der Waals surface area contributed by atoms with Crippen LogP contribution in [0.3, 0.4) is 0 Å². The molecule has 2 fully saturated rings. The first-order valence-corrected chi connectivity index (χ1v) is 10.5. The van der Waals surface area contributed by atoms with Crippen LogP contribution in [0.25, 0.3) is 0 Å². The highest BCUT2D eigenvalue weighted by molar-refractivity contribution is 7.89. The molecule has 1 aliphatic carbocycles. The maximum Gasteiger partial charge on any atom is 0.289 e. The van der Waals surface area contributed by atoms with E-state index in [1.54, 1.807) is 12.1 Å². The van der Waals surface area contributed by atoms with E-state index in [1.165, 1.54) is 19.3 Å². The van der Waals surface area contributed by atoms with Gasteiger partial charge in [0.05, 0.1) is 0 Å². The molecule has 1 aromatic heterocycles. The molecule has 128 valence electrons. The Morgan fingerprint density at radius 2 is 2.09 bits per heavy atom. The minimum atomic E-state index is -3.16. The van der Waals surface area contributed by atoms with E-state index in [9.17, 15) is 13.2 Å². The zero-order chi connectivity index (χ0) is 16.6. The minimum Gasteiger partial charge on any atom is -0.455 e. The lowest BCUT2D eigenvalue weighted by atomic mass is 9.74. The smallest absolute Gasteiger partial charge is 0.289 e. The molecule has 0 aromatic carbocycles. The largest absolute Gasteiger partial charge is 0.455 e. The Balaban J connectivity index is 1.74. The van der Waals surface area contributed by atoms with Gasteiger partial charge in [-0.1, -0.05) is 6.92 Å². The SMILES string of the molecule is C[C@@H]1CC[C@H]2[C@@H](CCCN2C(=O)c2ccc(CS(C)(=O)=O)o2)C1. The van der Waals surface area contributed by atoms with Crippen molar-refractivity contribution in [1.82, 2.24) is 4.90 Å². The average molecular weight is 339 g/mol. The van der Waals surface area contributed by atoms with Crippen molar-refractivity contribution in [3.63, 3.8) is 0 Å². The summed E-state index contributed by atoms with van der Waals surface area (Å²) in [6, 6.07) is 3.52. The van der Waals surface area contributed by atoms with E-state index < -0.39 is 9.84 Å². The number of amides is 1. The Morgan fingerprint density at radius 3 is 2.83 bits per heavy atom. The van der Waals surface area contributed by atoms with Crippen LogP contribution in [0.2, 0.25) is 0 Å². The fourth-order valence-corrected chi connectivity index (χ4v) is 4.79. The van der Waals surface area contributed by atoms with E-state index in [4.69, 9.17) is 4.42 Å². The highest BCUT2D eigenvalue weighted by atomic mass is 32.2. The monoisotopic (exact) mass is 339 g/mol. The van der Waals surface area contributed by atoms with Crippen molar-refractivity contribution in [3.05, 3.63) is 23.7 Å². The van der Waals surface area contributed by atoms with Gasteiger partial charge in [0.2, 0.25) is 0 Å². The Kier molecular flexibility index (Phi) is 4.54. The van der Waals surface area contributed by atoms with Crippen LogP contribution in [-0.2, 0) is 15.6 Å². The second-order valence-electron chi connectivity index (χ2n) is 7.22. The summed E-state index contributed by atoms with van der Waals surface area (Å²) in [6.45, 7) is 3.07. The number of sulfone groups is 1. The van der Waals surface area contributed by atoms with Crippen LogP contribution in [0.15, 0.2) is 16.5 Å². The molecule has 0 bridgehead atoms. The first-order chi connectivity index (χ1) is 10.8. The highest BCUT2D eigenvalue weighted by Crippen LogP contribution is 2.38. The molecule has 5 nitrogen and oxygen atoms in total. The number of carbonyl (C=O) groups is 1. The van der Waals surface area contributed by atoms with Crippen molar-refractivity contribution >= 4 is 15.7 Å². The van der Waals surface area contributed by atoms with E-state index >= 15 is 0 Å². The Morgan fingerprint density at radius 1 is 1.30 bits per heavy atom. The molecule has 0 unspecified atom stereocenters. The van der Waals surface area contributed by atoms with Gasteiger partial charge < -0.3 is 9.32 Å². The van der Waals surface area contributed by atoms with Crippen molar-refractivity contribution in [2.45, 2.75) is 50.8 Å². The normalized spacial score (nSPS) is 28.4. The number of piperidine rings is 1. The van der Waals surface area contributed by atoms with Gasteiger partial charge in [0.15, 0.2) is 15.6 Å². The predicted octanol–water partition coefficient (Wildman–Crippen LogP) is 2.87. The van der Waals surface area contributed by atoms with E-state index in [2.05, 4.69) is 6.92 Å². The van der Waals surface area contributed by atoms with Gasteiger partial charge >= 0.3 is 0 Å². The van der Waals surface area contributed by atoms with E-state index in [1.807, 2.05) is 4.90 Å². The van der Waals surface area contributed by atoms with Gasteiger partial charge in [-0.2, -0.15) is 0 Å². The van der Waals surface area contributed by atoms with Gasteiger partial charge in [0.1, 0.15) is 11.5 Å². The third kappa shape index (κ3) is 3.79. The number of furan rings is 1. The summed E-state index contributed by atoms with van der Waals surface area (Å²) in [7, 11) is -3.16. The summed E-state index contributed by atoms with van der Waals surface area (Å²) in [5, 5.41) is 0. The molecule has 6 heteroatoms. The zero-order valence-electron chi connectivity index (χ0n) is 13.8. The van der Waals surface area contributed by atoms with Crippen molar-refractivity contribution in [3.8, 4) is 0 Å². The first kappa shape index (κ1) is 16.6. The third-order valence-corrected chi connectivity index (χ3v) is 5.93. The number of hydrogen-bond donors (Lipinski definition) is 0. The third-order valence-electron chi connectivity index (χ3n) is 5.12. The van der Waals surface area contributed by atoms with Crippen LogP contribution in [0.5, 0.6) is 0 Å². The van der Waals surface area contributed by atoms with E-state index in [0.717, 1.165) is 31.6 Å². The molecule has 1 saturated heterocycles. The molecule has 1 aliphatic heterocycles. The van der Waals surface area contributed by atoms with Crippen LogP contribution in [0, 0.1) is 11.8 Å². The van der Waals surface area contributed by atoms with Gasteiger partial charge in [-0.15, -0.1) is 0 Å². The van der Waals surface area contributed by atoms with E-state index in [0.29, 0.717) is 17.7 Å². The van der Waals surface area contributed by atoms with Gasteiger partial charge in [-0.05, 0) is 56.1 Å². The van der Waals surface area contributed by atoms with Crippen molar-refractivity contribution in [1.29, 1.82) is 0 Å². The van der Waals surface area contributed by atoms with E-state index in [-0.39, 0.29) is 17.4 Å². The molecule has 1 aromatic rings. The second-order valence-corrected chi connectivity index (χ2v) is 9.36. The van der Waals surface area contributed by atoms with Crippen molar-refractivity contribution in [2.24, 2.45) is 11.8 Å². The minimum absolute atomic E-state index is 0.0889. The van der Waals surface area contributed by atoms with Crippen molar-refractivity contribution < 1.29 is 17.6 Å². The molecule has 3 rings (SSSR count). The fraction of sp³-hybridized carbons (Fsp3) is 0.706. The molecule has 0 radical (unpaired) electrons. The molecule has 3 atom stereocenters. The Labute approximate surface area is 138 Å². The quantitative estimate of drug-likeness (QED) is 0.849. The van der Waals surface area contributed by atoms with Crippen molar-refractivity contribution in [2.75, 3.05) is 12.8 Å². The lowest BCUT2D eigenvalue weighted by Gasteiger charge is -2.45. The van der Waals surface area contributed by atoms with Crippen LogP contribution in [0.4, 0.5) is 0 Å². The lowest BCUT2D eigenvalue weighted by Crippen LogP contribution is -2.50. The summed E-state index contributed by atoms with van der Waals surface area (Å²) in [4.78, 5) is 14.8. The summed E-state index contributed by atoms with van der Waals surface area (Å²) in [5.74, 6) is 1.70. The summed E-state index contributed by atoms with van der Waals surface area (Å²) in [6.07, 6.45) is 6.84. The van der Waals surface area contributed by atoms with Crippen LogP contribution in [-0.4, -0.2) is 38.1 Å². The molecular weight excluding hydrogens is 314 g/mol. The van der Waals surface area contributed by atoms with Crippen LogP contribution >= 0.6 is 0 Å². The summed E-state index contributed by atoms with van der Waals surface area (Å²) >= 11 is 0. The summed E-state index contributed by atoms with van der Waals surface area (Å²) < 4.78 is 28.2. The van der Waals surface area contributed by atoms with Gasteiger partial charge in [0, 0.05) is 18.8 Å². The van der Waals surface area contributed by atoms with Gasteiger partial charge in [0.25, 0.3) is 5.91 Å². The number of fused-ring (bicyclic) bond motifs is 1. The maximum atomic E-state index is 12.8. The molecule has 2 aliphatic rings. The zero-order valence-corrected chi connectivity index (χ0v) is 14.6. The Hall–Kier alpha value is -1.30. The fourth-order valence-electron chi connectivity index (χ4n) is 4.12. The standard InChI is InChI=1S/C17H25NO4S/c1-12-5-7-15-13(10-12)4-3-9-18(15)17(19)16-8-6-14(22-16)11-23(2,20)21/h6,8,12-13,15H,3-5,7,9-11H2,1-2H3/t12-,13+,15+/m1/s1. The molecule has 0 N–H and O–H groups in total. The topological polar surface area (TPSA) is 67.6 Å². The second kappa shape index (κ2) is 6.30. The predicted molar refractivity (Wildman–Crippen MR) is 87.8 cm³/mol. The van der Waals surface area contributed by atoms with Crippen LogP contribution < -0.4 is 0 Å². The average Bonchev–Trinajstić information content (AvgIpc) is 2.91. The van der Waals surface area contributed by atoms with Gasteiger partial charge in [-0.3, -0.25) is 4.79 Å². The number of hydrogen-bond acceptors (Lipinski definition) is 4. The molecule has 2 heterocycles. The number of rotatable bonds is 3. The number of carbonyl (C=O) groups excluding carboxylic acids is 1. The van der Waals surface area contributed by atoms with Gasteiger partial charge in [-0.25, -0.2) is 8.42 Å². The molecule has 1 amide bonds. The highest BCUT2D eigenvalue weighted by Gasteiger charge is 2.38. The molecule has 23 heavy (non-hydrogen) atoms. The number of likely N-dealkylation sites (tertiary alicyclic amines) is 1. The number of nitrogens with zero attached hydrogens (tertiary/aromatic N) is 1.